The van der Waals surface area contributed by atoms with Crippen LogP contribution in [0.15, 0.2) is 34.0 Å². The van der Waals surface area contributed by atoms with Crippen LogP contribution in [-0.2, 0) is 28.7 Å². The number of H-pyrrole nitrogens is 1. The van der Waals surface area contributed by atoms with Gasteiger partial charge < -0.3 is 34.4 Å². The number of aromatic nitrogens is 6. The molecule has 0 bridgehead atoms. The van der Waals surface area contributed by atoms with Gasteiger partial charge in [-0.3, -0.25) is 19.2 Å². The molecule has 0 unspecified atom stereocenters. The first-order chi connectivity index (χ1) is 24.4. The highest BCUT2D eigenvalue weighted by Crippen LogP contribution is 2.34. The molecular weight excluding hydrogens is 697 g/mol. The predicted octanol–water partition coefficient (Wildman–Crippen LogP) is 2.78. The van der Waals surface area contributed by atoms with Crippen molar-refractivity contribution < 1.29 is 27.5 Å². The summed E-state index contributed by atoms with van der Waals surface area (Å²) in [7, 11) is 0. The molecule has 2 aliphatic heterocycles. The summed E-state index contributed by atoms with van der Waals surface area (Å²) in [5.41, 5.74) is -0.920. The van der Waals surface area contributed by atoms with Gasteiger partial charge in [-0.2, -0.15) is 22.7 Å². The molecule has 272 valence electrons. The number of hydrogen-bond donors (Lipinski definition) is 2. The minimum absolute atomic E-state index is 0.0110. The first kappa shape index (κ1) is 34.6. The fourth-order valence-electron chi connectivity index (χ4n) is 6.70. The number of piperazine rings is 1. The second-order valence-corrected chi connectivity index (χ2v) is 13.1. The molecule has 3 aliphatic rings. The largest absolute Gasteiger partial charge is 0.416 e. The molecule has 2 saturated heterocycles. The minimum Gasteiger partial charge on any atom is -0.378 e. The summed E-state index contributed by atoms with van der Waals surface area (Å²) in [4.78, 5) is 64.0. The van der Waals surface area contributed by atoms with Gasteiger partial charge >= 0.3 is 6.18 Å². The maximum atomic E-state index is 14.2. The minimum atomic E-state index is -4.61. The molecule has 2 amide bonds. The maximum Gasteiger partial charge on any atom is 0.416 e. The highest BCUT2D eigenvalue weighted by atomic mass is 35.5. The third-order valence-electron chi connectivity index (χ3n) is 9.67. The van der Waals surface area contributed by atoms with Gasteiger partial charge in [0.2, 0.25) is 17.6 Å². The molecule has 2 N–H and O–H groups in total. The van der Waals surface area contributed by atoms with E-state index in [-0.39, 0.29) is 83.9 Å². The van der Waals surface area contributed by atoms with E-state index in [0.717, 1.165) is 42.0 Å². The van der Waals surface area contributed by atoms with E-state index in [2.05, 4.69) is 20.5 Å². The molecule has 0 spiro atoms. The van der Waals surface area contributed by atoms with E-state index in [0.29, 0.717) is 38.4 Å². The summed E-state index contributed by atoms with van der Waals surface area (Å²) < 4.78 is 49.3. The number of alkyl halides is 3. The molecule has 1 aromatic carbocycles. The summed E-state index contributed by atoms with van der Waals surface area (Å²) in [5, 5.41) is 9.77. The zero-order valence-corrected chi connectivity index (χ0v) is 28.5. The first-order valence-corrected chi connectivity index (χ1v) is 17.2. The van der Waals surface area contributed by atoms with Crippen molar-refractivity contribution in [1.82, 2.24) is 33.8 Å². The lowest BCUT2D eigenvalue weighted by molar-refractivity contribution is -0.137. The Bertz CT molecular complexity index is 2090. The Morgan fingerprint density at radius 3 is 2.39 bits per heavy atom. The molecule has 7 rings (SSSR count). The number of carbonyl (C=O) groups excluding carboxylic acids is 2. The number of nitrogens with zero attached hydrogens (tertiary/aromatic N) is 8. The van der Waals surface area contributed by atoms with Gasteiger partial charge in [-0.25, -0.2) is 4.68 Å². The van der Waals surface area contributed by atoms with Crippen LogP contribution in [0.3, 0.4) is 0 Å². The standard InChI is InChI=1S/C32H36ClF3N10O5/c1-2-24-26(41-8-10-42(11-9-41)27(48)21-17-37-45(28(21)49)20-4-3-5-20)29(50)46-31(39-30(40-46)43-12-14-51-15-13-43)44(24)18-25(47)38-23-7-6-19(16-22(23)33)32(34,35)36/h6-7,16-17,20,37H,2-5,8-15,18H2,1H3,(H,38,47). The number of morpholine rings is 1. The van der Waals surface area contributed by atoms with Crippen molar-refractivity contribution in [2.45, 2.75) is 51.4 Å². The summed E-state index contributed by atoms with van der Waals surface area (Å²) >= 11 is 6.12. The van der Waals surface area contributed by atoms with E-state index in [1.165, 1.54) is 10.9 Å². The molecule has 19 heteroatoms. The number of amides is 2. The summed E-state index contributed by atoms with van der Waals surface area (Å²) in [5.74, 6) is -0.611. The number of rotatable bonds is 8. The van der Waals surface area contributed by atoms with Gasteiger partial charge in [0.05, 0.1) is 41.2 Å². The Morgan fingerprint density at radius 2 is 1.76 bits per heavy atom. The smallest absolute Gasteiger partial charge is 0.378 e. The van der Waals surface area contributed by atoms with Crippen molar-refractivity contribution in [2.75, 3.05) is 67.6 Å². The van der Waals surface area contributed by atoms with Crippen LogP contribution in [0.2, 0.25) is 5.02 Å². The van der Waals surface area contributed by atoms with E-state index in [4.69, 9.17) is 16.3 Å². The van der Waals surface area contributed by atoms with Crippen molar-refractivity contribution in [3.05, 3.63) is 66.9 Å². The lowest BCUT2D eigenvalue weighted by atomic mass is 9.93. The van der Waals surface area contributed by atoms with Gasteiger partial charge in [-0.15, -0.1) is 5.10 Å². The number of fused-ring (bicyclic) bond motifs is 1. The fraction of sp³-hybridized carbons (Fsp3) is 0.500. The van der Waals surface area contributed by atoms with Crippen LogP contribution in [0.1, 0.15) is 53.8 Å². The predicted molar refractivity (Wildman–Crippen MR) is 181 cm³/mol. The lowest BCUT2D eigenvalue weighted by Crippen LogP contribution is -2.51. The third kappa shape index (κ3) is 6.57. The SMILES string of the molecule is CCc1c(N2CCN(C(=O)c3c[nH]n(C4CCC4)c3=O)CC2)c(=O)n2nc(N3CCOCC3)nc2n1CC(=O)Nc1ccc(C(F)(F)F)cc1Cl. The van der Waals surface area contributed by atoms with Gasteiger partial charge in [0, 0.05) is 45.5 Å². The third-order valence-corrected chi connectivity index (χ3v) is 9.98. The van der Waals surface area contributed by atoms with E-state index in [9.17, 15) is 32.3 Å². The summed E-state index contributed by atoms with van der Waals surface area (Å²) in [6, 6.07) is 2.73. The topological polar surface area (TPSA) is 155 Å². The second kappa shape index (κ2) is 13.7. The number of ether oxygens (including phenoxy) is 1. The van der Waals surface area contributed by atoms with Gasteiger partial charge in [0.1, 0.15) is 17.8 Å². The van der Waals surface area contributed by atoms with Crippen LogP contribution in [0.4, 0.5) is 30.5 Å². The molecular formula is C32H36ClF3N10O5. The van der Waals surface area contributed by atoms with Gasteiger partial charge in [-0.05, 0) is 43.9 Å². The monoisotopic (exact) mass is 732 g/mol. The highest BCUT2D eigenvalue weighted by molar-refractivity contribution is 6.33. The van der Waals surface area contributed by atoms with Crippen LogP contribution in [0.5, 0.6) is 0 Å². The zero-order valence-electron chi connectivity index (χ0n) is 27.7. The van der Waals surface area contributed by atoms with Crippen LogP contribution in [0.25, 0.3) is 5.78 Å². The molecule has 1 saturated carbocycles. The second-order valence-electron chi connectivity index (χ2n) is 12.7. The van der Waals surface area contributed by atoms with Crippen molar-refractivity contribution >= 4 is 46.5 Å². The number of carbonyl (C=O) groups is 2. The zero-order chi connectivity index (χ0) is 36.0. The number of nitrogens with one attached hydrogen (secondary N) is 2. The van der Waals surface area contributed by atoms with Crippen molar-refractivity contribution in [2.24, 2.45) is 0 Å². The van der Waals surface area contributed by atoms with Crippen LogP contribution >= 0.6 is 11.6 Å². The molecule has 5 heterocycles. The number of hydrogen-bond acceptors (Lipinski definition) is 9. The average Bonchev–Trinajstić information content (AvgIpc) is 3.70. The molecule has 0 radical (unpaired) electrons. The number of halogens is 4. The lowest BCUT2D eigenvalue weighted by Gasteiger charge is -2.36. The van der Waals surface area contributed by atoms with Crippen molar-refractivity contribution in [3.63, 3.8) is 0 Å². The van der Waals surface area contributed by atoms with E-state index < -0.39 is 23.2 Å². The molecule has 4 aromatic rings. The molecule has 3 aromatic heterocycles. The normalized spacial score (nSPS) is 17.2. The molecule has 0 atom stereocenters. The Balaban J connectivity index is 1.19. The van der Waals surface area contributed by atoms with E-state index in [1.54, 1.807) is 9.47 Å². The molecule has 3 fully saturated rings. The highest BCUT2D eigenvalue weighted by Gasteiger charge is 2.33. The summed E-state index contributed by atoms with van der Waals surface area (Å²) in [6.07, 6.45) is -0.0357. The Morgan fingerprint density at radius 1 is 1.04 bits per heavy atom. The van der Waals surface area contributed by atoms with Crippen LogP contribution < -0.4 is 26.2 Å². The quantitative estimate of drug-likeness (QED) is 0.278. The van der Waals surface area contributed by atoms with Crippen LogP contribution in [-0.4, -0.2) is 98.1 Å². The van der Waals surface area contributed by atoms with Crippen molar-refractivity contribution in [1.29, 1.82) is 0 Å². The first-order valence-electron chi connectivity index (χ1n) is 16.8. The van der Waals surface area contributed by atoms with Crippen molar-refractivity contribution in [3.8, 4) is 0 Å². The molecule has 51 heavy (non-hydrogen) atoms. The number of anilines is 3. The van der Waals surface area contributed by atoms with Crippen LogP contribution in [0, 0.1) is 0 Å². The van der Waals surface area contributed by atoms with Gasteiger partial charge in [0.15, 0.2) is 0 Å². The van der Waals surface area contributed by atoms with E-state index >= 15 is 0 Å². The average molecular weight is 733 g/mol. The fourth-order valence-corrected chi connectivity index (χ4v) is 6.93. The van der Waals surface area contributed by atoms with Gasteiger partial charge in [0.25, 0.3) is 17.0 Å². The number of aromatic amines is 1. The Hall–Kier alpha value is -4.84. The maximum absolute atomic E-state index is 14.2. The Kier molecular flexibility index (Phi) is 9.30. The van der Waals surface area contributed by atoms with Gasteiger partial charge in [-0.1, -0.05) is 18.5 Å². The summed E-state index contributed by atoms with van der Waals surface area (Å²) in [6.45, 7) is 4.34. The van der Waals surface area contributed by atoms with E-state index in [1.807, 2.05) is 16.7 Å². The molecule has 15 nitrogen and oxygen atoms in total. The molecule has 1 aliphatic carbocycles. The Labute approximate surface area is 293 Å². The number of benzene rings is 1.